The molecule has 0 spiro atoms. The molecular weight excluding hydrogens is 656 g/mol. The Morgan fingerprint density at radius 3 is 1.61 bits per heavy atom. The normalized spacial score (nSPS) is 27.6. The monoisotopic (exact) mass is 723 g/mol. The van der Waals surface area contributed by atoms with Gasteiger partial charge in [0.15, 0.2) is 0 Å². The maximum atomic E-state index is 8.91. The molecule has 0 bridgehead atoms. The van der Waals surface area contributed by atoms with Crippen LogP contribution in [0.4, 0.5) is 11.9 Å². The lowest BCUT2D eigenvalue weighted by Crippen LogP contribution is -2.35. The molecule has 0 unspecified atom stereocenters. The fourth-order valence-electron chi connectivity index (χ4n) is 9.50. The number of hydrogen-bond acceptors (Lipinski definition) is 8. The van der Waals surface area contributed by atoms with Gasteiger partial charge in [0.2, 0.25) is 11.9 Å². The average molecular weight is 723 g/mol. The number of aliphatic hydroxyl groups excluding tert-OH is 1. The molecule has 51 heavy (non-hydrogen) atoms. The Labute approximate surface area is 313 Å². The standard InChI is InChI=1S/C21H33N3O.C15H22ClN3.C6H12O/c1-16-14-22-21(23-15-16)24-10-7-17(8-11-24)20-13-18(20)9-12-25-19-5-3-2-4-6-19;1-2-3-12-8-14(12)11-4-6-19(7-5-11)15-17-9-13(16)10-18-15;7-6-4-2-1-3-5-6/h14-15,17-20H,2-13H2,1H3;9-12,14H,2-8H2,1H3;6-7H,1-5H2/t18-,20-;12-,14-;/m11./s1. The number of hydrogen-bond donors (Lipinski definition) is 1. The summed E-state index contributed by atoms with van der Waals surface area (Å²) in [4.78, 5) is 22.3. The summed E-state index contributed by atoms with van der Waals surface area (Å²) in [5, 5.41) is 9.52. The van der Waals surface area contributed by atoms with E-state index in [1.165, 1.54) is 109 Å². The summed E-state index contributed by atoms with van der Waals surface area (Å²) in [5.74, 6) is 7.58. The van der Waals surface area contributed by atoms with Crippen molar-refractivity contribution in [1.82, 2.24) is 19.9 Å². The fourth-order valence-corrected chi connectivity index (χ4v) is 9.60. The lowest BCUT2D eigenvalue weighted by atomic mass is 9.90. The molecule has 4 aliphatic carbocycles. The number of anilines is 2. The summed E-state index contributed by atoms with van der Waals surface area (Å²) in [6.07, 6.45) is 32.7. The van der Waals surface area contributed by atoms with Crippen molar-refractivity contribution >= 4 is 23.5 Å². The smallest absolute Gasteiger partial charge is 0.225 e. The van der Waals surface area contributed by atoms with Crippen LogP contribution < -0.4 is 9.80 Å². The molecule has 4 saturated carbocycles. The third-order valence-corrected chi connectivity index (χ3v) is 13.0. The third kappa shape index (κ3) is 12.2. The first-order valence-electron chi connectivity index (χ1n) is 21.0. The van der Waals surface area contributed by atoms with Crippen molar-refractivity contribution < 1.29 is 9.84 Å². The Morgan fingerprint density at radius 1 is 0.667 bits per heavy atom. The second-order valence-corrected chi connectivity index (χ2v) is 17.2. The molecule has 6 aliphatic rings. The molecule has 2 aliphatic heterocycles. The topological polar surface area (TPSA) is 87.5 Å². The SMILES string of the molecule is CCC[C@@H]1C[C@@H]1C1CCN(c2ncc(Cl)cn2)CC1.Cc1cnc(N2CCC([C@H]3C[C@H]3CCOC3CCCCC3)CC2)nc1.OC1CCCCC1. The van der Waals surface area contributed by atoms with Gasteiger partial charge in [-0.25, -0.2) is 19.9 Å². The van der Waals surface area contributed by atoms with Crippen LogP contribution in [0.2, 0.25) is 5.02 Å². The summed E-state index contributed by atoms with van der Waals surface area (Å²) in [5.41, 5.74) is 1.13. The highest BCUT2D eigenvalue weighted by atomic mass is 35.5. The Bertz CT molecular complexity index is 1260. The van der Waals surface area contributed by atoms with E-state index in [9.17, 15) is 0 Å². The predicted octanol–water partition coefficient (Wildman–Crippen LogP) is 9.47. The lowest BCUT2D eigenvalue weighted by molar-refractivity contribution is 0.0243. The zero-order chi connectivity index (χ0) is 35.4. The van der Waals surface area contributed by atoms with Crippen molar-refractivity contribution in [1.29, 1.82) is 0 Å². The van der Waals surface area contributed by atoms with Gasteiger partial charge in [-0.15, -0.1) is 0 Å². The minimum Gasteiger partial charge on any atom is -0.393 e. The summed E-state index contributed by atoms with van der Waals surface area (Å²) in [7, 11) is 0. The number of halogens is 1. The molecule has 1 N–H and O–H groups in total. The number of ether oxygens (including phenoxy) is 1. The highest BCUT2D eigenvalue weighted by Crippen LogP contribution is 2.51. The van der Waals surface area contributed by atoms with Crippen molar-refractivity contribution in [2.24, 2.45) is 35.5 Å². The van der Waals surface area contributed by atoms with Gasteiger partial charge in [0.25, 0.3) is 0 Å². The number of rotatable bonds is 10. The first kappa shape index (κ1) is 38.7. The molecule has 4 heterocycles. The molecule has 0 radical (unpaired) electrons. The van der Waals surface area contributed by atoms with Crippen LogP contribution >= 0.6 is 11.6 Å². The number of aromatic nitrogens is 4. The maximum Gasteiger partial charge on any atom is 0.225 e. The lowest BCUT2D eigenvalue weighted by Gasteiger charge is -2.32. The van der Waals surface area contributed by atoms with E-state index in [0.29, 0.717) is 11.1 Å². The van der Waals surface area contributed by atoms with Crippen LogP contribution in [-0.2, 0) is 4.74 Å². The molecular formula is C42H67ClN6O2. The molecule has 4 atom stereocenters. The predicted molar refractivity (Wildman–Crippen MR) is 208 cm³/mol. The zero-order valence-corrected chi connectivity index (χ0v) is 32.6. The Hall–Kier alpha value is -2.03. The molecule has 8 nitrogen and oxygen atoms in total. The Balaban J connectivity index is 0.000000151. The van der Waals surface area contributed by atoms with Crippen LogP contribution in [0.1, 0.15) is 134 Å². The van der Waals surface area contributed by atoms with Gasteiger partial charge < -0.3 is 19.6 Å². The van der Waals surface area contributed by atoms with E-state index in [2.05, 4.69) is 36.7 Å². The molecule has 8 rings (SSSR count). The second kappa shape index (κ2) is 19.9. The summed E-state index contributed by atoms with van der Waals surface area (Å²) >= 11 is 5.83. The second-order valence-electron chi connectivity index (χ2n) is 16.7. The van der Waals surface area contributed by atoms with Gasteiger partial charge in [-0.1, -0.05) is 69.9 Å². The molecule has 6 fully saturated rings. The summed E-state index contributed by atoms with van der Waals surface area (Å²) in [6, 6.07) is 0. The van der Waals surface area contributed by atoms with E-state index in [-0.39, 0.29) is 6.10 Å². The van der Waals surface area contributed by atoms with Crippen molar-refractivity contribution in [2.45, 2.75) is 148 Å². The van der Waals surface area contributed by atoms with E-state index in [0.717, 1.165) is 98.6 Å². The molecule has 2 saturated heterocycles. The first-order chi connectivity index (χ1) is 25.0. The van der Waals surface area contributed by atoms with Crippen molar-refractivity contribution in [2.75, 3.05) is 42.6 Å². The minimum atomic E-state index is 0.0359. The van der Waals surface area contributed by atoms with Gasteiger partial charge in [0.05, 0.1) is 29.6 Å². The van der Waals surface area contributed by atoms with E-state index in [1.807, 2.05) is 19.3 Å². The highest BCUT2D eigenvalue weighted by Gasteiger charge is 2.44. The highest BCUT2D eigenvalue weighted by molar-refractivity contribution is 6.30. The van der Waals surface area contributed by atoms with Crippen LogP contribution in [0.3, 0.4) is 0 Å². The first-order valence-corrected chi connectivity index (χ1v) is 21.4. The number of nitrogens with zero attached hydrogens (tertiary/aromatic N) is 6. The Kier molecular flexibility index (Phi) is 15.1. The number of aliphatic hydroxyl groups is 1. The molecule has 9 heteroatoms. The van der Waals surface area contributed by atoms with Crippen molar-refractivity contribution in [3.05, 3.63) is 35.4 Å². The van der Waals surface area contributed by atoms with Gasteiger partial charge in [-0.2, -0.15) is 0 Å². The summed E-state index contributed by atoms with van der Waals surface area (Å²) in [6.45, 7) is 9.79. The van der Waals surface area contributed by atoms with Gasteiger partial charge in [0, 0.05) is 45.2 Å². The van der Waals surface area contributed by atoms with Crippen LogP contribution in [-0.4, -0.2) is 70.0 Å². The van der Waals surface area contributed by atoms with E-state index < -0.39 is 0 Å². The van der Waals surface area contributed by atoms with Crippen LogP contribution in [0, 0.1) is 42.4 Å². The number of piperidine rings is 2. The molecule has 0 aromatic carbocycles. The fraction of sp³-hybridized carbons (Fsp3) is 0.810. The van der Waals surface area contributed by atoms with E-state index >= 15 is 0 Å². The van der Waals surface area contributed by atoms with Crippen molar-refractivity contribution in [3.8, 4) is 0 Å². The molecule has 0 amide bonds. The minimum absolute atomic E-state index is 0.0359. The maximum absolute atomic E-state index is 8.91. The van der Waals surface area contributed by atoms with Gasteiger partial charge >= 0.3 is 0 Å². The van der Waals surface area contributed by atoms with Gasteiger partial charge in [0.1, 0.15) is 0 Å². The van der Waals surface area contributed by atoms with Gasteiger partial charge in [-0.3, -0.25) is 0 Å². The number of aryl methyl sites for hydroxylation is 1. The molecule has 2 aromatic heterocycles. The zero-order valence-electron chi connectivity index (χ0n) is 31.8. The van der Waals surface area contributed by atoms with Crippen molar-refractivity contribution in [3.63, 3.8) is 0 Å². The van der Waals surface area contributed by atoms with E-state index in [4.69, 9.17) is 21.4 Å². The van der Waals surface area contributed by atoms with E-state index in [1.54, 1.807) is 12.4 Å². The quantitative estimate of drug-likeness (QED) is 0.260. The van der Waals surface area contributed by atoms with Gasteiger partial charge in [-0.05, 0) is 119 Å². The Morgan fingerprint density at radius 2 is 1.14 bits per heavy atom. The van der Waals surface area contributed by atoms with Crippen LogP contribution in [0.5, 0.6) is 0 Å². The molecule has 284 valence electrons. The average Bonchev–Trinajstić information content (AvgIpc) is 4.11. The summed E-state index contributed by atoms with van der Waals surface area (Å²) < 4.78 is 6.13. The van der Waals surface area contributed by atoms with Crippen LogP contribution in [0.25, 0.3) is 0 Å². The largest absolute Gasteiger partial charge is 0.393 e. The van der Waals surface area contributed by atoms with Crippen LogP contribution in [0.15, 0.2) is 24.8 Å². The molecule has 2 aromatic rings. The third-order valence-electron chi connectivity index (χ3n) is 12.8.